The minimum absolute atomic E-state index is 0.0428. The molecule has 4 aromatic rings. The van der Waals surface area contributed by atoms with E-state index in [4.69, 9.17) is 27.3 Å². The Balaban J connectivity index is 1.96. The molecule has 0 bridgehead atoms. The Bertz CT molecular complexity index is 1530. The summed E-state index contributed by atoms with van der Waals surface area (Å²) < 4.78 is 25.0. The lowest BCUT2D eigenvalue weighted by Gasteiger charge is -2.20. The average molecular weight is 480 g/mol. The predicted octanol–water partition coefficient (Wildman–Crippen LogP) is 3.77. The highest BCUT2D eigenvalue weighted by molar-refractivity contribution is 7.90. The Kier molecular flexibility index (Phi) is 5.84. The quantitative estimate of drug-likeness (QED) is 0.436. The molecule has 33 heavy (non-hydrogen) atoms. The van der Waals surface area contributed by atoms with Crippen LogP contribution in [0, 0.1) is 11.3 Å². The van der Waals surface area contributed by atoms with Crippen LogP contribution in [0.15, 0.2) is 53.7 Å². The number of anilines is 2. The van der Waals surface area contributed by atoms with Gasteiger partial charge in [-0.1, -0.05) is 35.9 Å². The number of hydrogen-bond acceptors (Lipinski definition) is 9. The molecule has 2 heterocycles. The molecule has 166 valence electrons. The standard InChI is InChI=1S/C22H18ClN7O2S/c1-12(28-22-14(10-24)21(25)26-11-27-22)18-19(13-6-3-4-9-17(13)33(2,31)32)30-20-15(23)7-5-8-16(20)29-18/h3-9,11-12H,1-2H3,(H3,25,26,27,28). The van der Waals surface area contributed by atoms with Gasteiger partial charge in [-0.05, 0) is 25.1 Å². The highest BCUT2D eigenvalue weighted by Gasteiger charge is 2.24. The summed E-state index contributed by atoms with van der Waals surface area (Å²) in [5.74, 6) is 0.272. The van der Waals surface area contributed by atoms with E-state index in [1.165, 1.54) is 12.4 Å². The molecule has 1 unspecified atom stereocenters. The maximum absolute atomic E-state index is 12.5. The third kappa shape index (κ3) is 4.28. The molecule has 4 rings (SSSR count). The van der Waals surface area contributed by atoms with Gasteiger partial charge in [0.25, 0.3) is 0 Å². The van der Waals surface area contributed by atoms with E-state index in [1.54, 1.807) is 43.3 Å². The summed E-state index contributed by atoms with van der Waals surface area (Å²) in [5, 5.41) is 13.0. The summed E-state index contributed by atoms with van der Waals surface area (Å²) in [4.78, 5) is 17.5. The molecule has 0 radical (unpaired) electrons. The minimum atomic E-state index is -3.56. The van der Waals surface area contributed by atoms with Crippen molar-refractivity contribution in [1.82, 2.24) is 19.9 Å². The lowest BCUT2D eigenvalue weighted by Crippen LogP contribution is -2.15. The topological polar surface area (TPSA) is 148 Å². The van der Waals surface area contributed by atoms with Crippen molar-refractivity contribution in [2.45, 2.75) is 17.9 Å². The molecule has 0 saturated carbocycles. The van der Waals surface area contributed by atoms with Crippen molar-refractivity contribution in [2.24, 2.45) is 0 Å². The van der Waals surface area contributed by atoms with Gasteiger partial charge in [-0.15, -0.1) is 0 Å². The minimum Gasteiger partial charge on any atom is -0.382 e. The molecule has 2 aromatic heterocycles. The van der Waals surface area contributed by atoms with Crippen LogP contribution in [0.3, 0.4) is 0 Å². The molecule has 2 aromatic carbocycles. The smallest absolute Gasteiger partial charge is 0.176 e. The average Bonchev–Trinajstić information content (AvgIpc) is 2.78. The van der Waals surface area contributed by atoms with Crippen LogP contribution < -0.4 is 11.1 Å². The van der Waals surface area contributed by atoms with Crippen LogP contribution in [0.25, 0.3) is 22.3 Å². The molecule has 0 aliphatic carbocycles. The summed E-state index contributed by atoms with van der Waals surface area (Å²) in [6.07, 6.45) is 2.38. The van der Waals surface area contributed by atoms with E-state index in [0.717, 1.165) is 6.26 Å². The molecular formula is C22H18ClN7O2S. The summed E-state index contributed by atoms with van der Waals surface area (Å²) in [6, 6.07) is 13.2. The summed E-state index contributed by atoms with van der Waals surface area (Å²) in [5.41, 5.74) is 8.06. The molecule has 9 nitrogen and oxygen atoms in total. The number of rotatable bonds is 5. The molecule has 0 saturated heterocycles. The molecule has 0 spiro atoms. The Morgan fingerprint density at radius 3 is 2.61 bits per heavy atom. The van der Waals surface area contributed by atoms with Crippen LogP contribution in [-0.2, 0) is 9.84 Å². The second-order valence-corrected chi connectivity index (χ2v) is 9.69. The van der Waals surface area contributed by atoms with Gasteiger partial charge in [0.15, 0.2) is 9.84 Å². The SMILES string of the molecule is CC(Nc1ncnc(N)c1C#N)c1nc2cccc(Cl)c2nc1-c1ccccc1S(C)(=O)=O. The maximum atomic E-state index is 12.5. The van der Waals surface area contributed by atoms with Gasteiger partial charge in [0, 0.05) is 11.8 Å². The van der Waals surface area contributed by atoms with Crippen molar-refractivity contribution in [2.75, 3.05) is 17.3 Å². The van der Waals surface area contributed by atoms with E-state index in [2.05, 4.69) is 15.3 Å². The lowest BCUT2D eigenvalue weighted by molar-refractivity contribution is 0.602. The third-order valence-electron chi connectivity index (χ3n) is 4.97. The Morgan fingerprint density at radius 2 is 1.88 bits per heavy atom. The third-order valence-corrected chi connectivity index (χ3v) is 6.43. The number of halogens is 1. The van der Waals surface area contributed by atoms with E-state index < -0.39 is 15.9 Å². The van der Waals surface area contributed by atoms with Gasteiger partial charge >= 0.3 is 0 Å². The predicted molar refractivity (Wildman–Crippen MR) is 126 cm³/mol. The van der Waals surface area contributed by atoms with Gasteiger partial charge in [0.1, 0.15) is 35.1 Å². The molecule has 0 fully saturated rings. The first-order chi connectivity index (χ1) is 15.7. The molecule has 11 heteroatoms. The number of aromatic nitrogens is 4. The number of fused-ring (bicyclic) bond motifs is 1. The second-order valence-electron chi connectivity index (χ2n) is 7.29. The Hall–Kier alpha value is -3.81. The van der Waals surface area contributed by atoms with Crippen LogP contribution in [0.1, 0.15) is 24.2 Å². The fourth-order valence-electron chi connectivity index (χ4n) is 3.43. The number of nitrogens with one attached hydrogen (secondary N) is 1. The van der Waals surface area contributed by atoms with Gasteiger partial charge < -0.3 is 11.1 Å². The van der Waals surface area contributed by atoms with Crippen LogP contribution in [0.2, 0.25) is 5.02 Å². The molecule has 1 atom stereocenters. The molecule has 0 aliphatic rings. The van der Waals surface area contributed by atoms with Gasteiger partial charge in [-0.2, -0.15) is 5.26 Å². The van der Waals surface area contributed by atoms with Crippen molar-refractivity contribution in [3.05, 3.63) is 65.1 Å². The largest absolute Gasteiger partial charge is 0.382 e. The Labute approximate surface area is 195 Å². The number of benzene rings is 2. The van der Waals surface area contributed by atoms with Crippen LogP contribution in [0.5, 0.6) is 0 Å². The van der Waals surface area contributed by atoms with E-state index in [1.807, 2.05) is 6.07 Å². The van der Waals surface area contributed by atoms with Crippen molar-refractivity contribution in [1.29, 1.82) is 5.26 Å². The van der Waals surface area contributed by atoms with Crippen molar-refractivity contribution in [3.8, 4) is 17.3 Å². The first-order valence-electron chi connectivity index (χ1n) is 9.73. The number of nitrogens with zero attached hydrogens (tertiary/aromatic N) is 5. The van der Waals surface area contributed by atoms with E-state index >= 15 is 0 Å². The van der Waals surface area contributed by atoms with E-state index in [-0.39, 0.29) is 22.1 Å². The van der Waals surface area contributed by atoms with Gasteiger partial charge in [-0.3, -0.25) is 0 Å². The van der Waals surface area contributed by atoms with Gasteiger partial charge in [-0.25, -0.2) is 28.4 Å². The fraction of sp³-hybridized carbons (Fsp3) is 0.136. The Morgan fingerprint density at radius 1 is 1.12 bits per heavy atom. The molecule has 0 aliphatic heterocycles. The lowest BCUT2D eigenvalue weighted by atomic mass is 10.0. The second kappa shape index (κ2) is 8.61. The molecule has 0 amide bonds. The van der Waals surface area contributed by atoms with Crippen LogP contribution >= 0.6 is 11.6 Å². The van der Waals surface area contributed by atoms with E-state index in [9.17, 15) is 13.7 Å². The normalized spacial score (nSPS) is 12.3. The first-order valence-corrected chi connectivity index (χ1v) is 12.0. The number of para-hydroxylation sites is 1. The first kappa shape index (κ1) is 22.4. The van der Waals surface area contributed by atoms with Crippen molar-refractivity contribution in [3.63, 3.8) is 0 Å². The fourth-order valence-corrected chi connectivity index (χ4v) is 4.54. The number of nitrogens with two attached hydrogens (primary N) is 1. The summed E-state index contributed by atoms with van der Waals surface area (Å²) >= 11 is 6.36. The monoisotopic (exact) mass is 479 g/mol. The molecular weight excluding hydrogens is 462 g/mol. The zero-order chi connectivity index (χ0) is 23.8. The van der Waals surface area contributed by atoms with Gasteiger partial charge in [0.05, 0.1) is 32.9 Å². The van der Waals surface area contributed by atoms with E-state index in [0.29, 0.717) is 33.0 Å². The summed E-state index contributed by atoms with van der Waals surface area (Å²) in [6.45, 7) is 1.80. The zero-order valence-corrected chi connectivity index (χ0v) is 19.2. The van der Waals surface area contributed by atoms with Crippen LogP contribution in [0.4, 0.5) is 11.6 Å². The number of sulfone groups is 1. The highest BCUT2D eigenvalue weighted by atomic mass is 35.5. The zero-order valence-electron chi connectivity index (χ0n) is 17.6. The van der Waals surface area contributed by atoms with Gasteiger partial charge in [0.2, 0.25) is 0 Å². The maximum Gasteiger partial charge on any atom is 0.176 e. The van der Waals surface area contributed by atoms with Crippen molar-refractivity contribution < 1.29 is 8.42 Å². The van der Waals surface area contributed by atoms with Crippen molar-refractivity contribution >= 4 is 44.1 Å². The number of nitrogen functional groups attached to an aromatic ring is 1. The highest BCUT2D eigenvalue weighted by Crippen LogP contribution is 2.34. The molecule has 3 N–H and O–H groups in total. The summed E-state index contributed by atoms with van der Waals surface area (Å²) in [7, 11) is -3.56. The van der Waals surface area contributed by atoms with Crippen LogP contribution in [-0.4, -0.2) is 34.6 Å². The number of hydrogen-bond donors (Lipinski definition) is 2. The number of nitriles is 1.